The Labute approximate surface area is 217 Å². The number of anilines is 1. The Bertz CT molecular complexity index is 1590. The Kier molecular flexibility index (Phi) is 6.29. The number of ether oxygens (including phenoxy) is 2. The molecule has 0 bridgehead atoms. The first-order valence-electron chi connectivity index (χ1n) is 11.8. The smallest absolute Gasteiger partial charge is 0.272 e. The van der Waals surface area contributed by atoms with Crippen molar-refractivity contribution in [3.63, 3.8) is 0 Å². The van der Waals surface area contributed by atoms with Crippen LogP contribution in [0.5, 0.6) is 5.75 Å². The highest BCUT2D eigenvalue weighted by Crippen LogP contribution is 2.36. The molecule has 1 N–H and O–H groups in total. The van der Waals surface area contributed by atoms with Crippen molar-refractivity contribution in [2.75, 3.05) is 38.8 Å². The first-order chi connectivity index (χ1) is 18.2. The minimum absolute atomic E-state index is 0.0380. The van der Waals surface area contributed by atoms with E-state index in [4.69, 9.17) is 9.47 Å². The number of para-hydroxylation sites is 1. The Morgan fingerprint density at radius 3 is 2.66 bits per heavy atom. The van der Waals surface area contributed by atoms with E-state index >= 15 is 0 Å². The van der Waals surface area contributed by atoms with Gasteiger partial charge in [0.05, 0.1) is 28.4 Å². The molecule has 11 heteroatoms. The van der Waals surface area contributed by atoms with Gasteiger partial charge in [-0.05, 0) is 23.8 Å². The van der Waals surface area contributed by atoms with E-state index in [1.54, 1.807) is 38.4 Å². The Morgan fingerprint density at radius 2 is 1.92 bits per heavy atom. The van der Waals surface area contributed by atoms with E-state index in [9.17, 15) is 19.2 Å². The molecule has 1 aromatic heterocycles. The average molecular weight is 516 g/mol. The Balaban J connectivity index is 1.39. The maximum atomic E-state index is 13.3. The van der Waals surface area contributed by atoms with E-state index in [0.29, 0.717) is 35.6 Å². The highest BCUT2D eigenvalue weighted by Gasteiger charge is 2.32. The number of aromatic nitrogens is 2. The molecule has 3 amide bonds. The molecule has 2 aromatic carbocycles. The molecule has 0 aliphatic carbocycles. The Morgan fingerprint density at radius 1 is 1.16 bits per heavy atom. The number of hydrogen-bond acceptors (Lipinski definition) is 7. The number of carbonyl (C=O) groups excluding carboxylic acids is 3. The summed E-state index contributed by atoms with van der Waals surface area (Å²) in [6, 6.07) is 10.5. The summed E-state index contributed by atoms with van der Waals surface area (Å²) in [5, 5.41) is 2.68. The highest BCUT2D eigenvalue weighted by molar-refractivity contribution is 6.15. The average Bonchev–Trinajstić information content (AvgIpc) is 2.89. The first kappa shape index (κ1) is 24.9. The van der Waals surface area contributed by atoms with Crippen LogP contribution in [-0.4, -0.2) is 72.1 Å². The molecule has 11 nitrogen and oxygen atoms in total. The van der Waals surface area contributed by atoms with Crippen LogP contribution in [0.2, 0.25) is 0 Å². The predicted octanol–water partition coefficient (Wildman–Crippen LogP) is 1.38. The molecule has 0 unspecified atom stereocenters. The lowest BCUT2D eigenvalue weighted by atomic mass is 10.0. The van der Waals surface area contributed by atoms with Gasteiger partial charge in [-0.15, -0.1) is 0 Å². The number of nitrogens with zero attached hydrogens (tertiary/aromatic N) is 4. The number of likely N-dealkylation sites (tertiary alicyclic amines) is 1. The summed E-state index contributed by atoms with van der Waals surface area (Å²) in [6.45, 7) is 8.13. The summed E-state index contributed by atoms with van der Waals surface area (Å²) in [5.41, 5.74) is 1.65. The molecule has 1 saturated heterocycles. The Hall–Kier alpha value is -4.77. The second-order valence-electron chi connectivity index (χ2n) is 8.99. The molecule has 5 rings (SSSR count). The summed E-state index contributed by atoms with van der Waals surface area (Å²) in [4.78, 5) is 57.9. The van der Waals surface area contributed by atoms with Gasteiger partial charge in [0.2, 0.25) is 0 Å². The number of nitrogens with one attached hydrogen (secondary N) is 1. The van der Waals surface area contributed by atoms with Crippen LogP contribution in [0.25, 0.3) is 27.7 Å². The lowest BCUT2D eigenvalue weighted by molar-refractivity contribution is -0.139. The SMILES string of the molecule is C=C(NC(=O)C(=C)n1cnc2c(-c3ccc4c(c3)OCC(=O)N4C)cccc2c1=O)C(=O)N1CC(OC)C1. The number of carbonyl (C=O) groups is 3. The van der Waals surface area contributed by atoms with Crippen LogP contribution in [0.1, 0.15) is 0 Å². The fraction of sp³-hybridized carbons (Fsp3) is 0.222. The van der Waals surface area contributed by atoms with Crippen LogP contribution in [0.4, 0.5) is 5.69 Å². The van der Waals surface area contributed by atoms with E-state index in [-0.39, 0.29) is 35.4 Å². The van der Waals surface area contributed by atoms with E-state index in [2.05, 4.69) is 23.5 Å². The van der Waals surface area contributed by atoms with Crippen molar-refractivity contribution in [2.24, 2.45) is 0 Å². The third-order valence-electron chi connectivity index (χ3n) is 6.69. The van der Waals surface area contributed by atoms with Crippen LogP contribution >= 0.6 is 0 Å². The lowest BCUT2D eigenvalue weighted by Crippen LogP contribution is -2.55. The van der Waals surface area contributed by atoms with Crippen molar-refractivity contribution in [3.8, 4) is 16.9 Å². The quantitative estimate of drug-likeness (QED) is 0.492. The molecule has 2 aliphatic heterocycles. The number of benzene rings is 2. The minimum atomic E-state index is -0.753. The van der Waals surface area contributed by atoms with E-state index in [0.717, 1.165) is 10.1 Å². The molecule has 3 aromatic rings. The zero-order chi connectivity index (χ0) is 27.1. The second-order valence-corrected chi connectivity index (χ2v) is 8.99. The van der Waals surface area contributed by atoms with Gasteiger partial charge in [-0.3, -0.25) is 23.7 Å². The van der Waals surface area contributed by atoms with Gasteiger partial charge in [0.15, 0.2) is 6.61 Å². The number of methoxy groups -OCH3 is 1. The zero-order valence-corrected chi connectivity index (χ0v) is 20.9. The van der Waals surface area contributed by atoms with Crippen molar-refractivity contribution >= 4 is 40.0 Å². The van der Waals surface area contributed by atoms with Gasteiger partial charge in [-0.25, -0.2) is 4.98 Å². The first-order valence-corrected chi connectivity index (χ1v) is 11.8. The maximum absolute atomic E-state index is 13.3. The molecule has 194 valence electrons. The molecular weight excluding hydrogens is 490 g/mol. The van der Waals surface area contributed by atoms with E-state index < -0.39 is 17.4 Å². The van der Waals surface area contributed by atoms with Gasteiger partial charge < -0.3 is 24.6 Å². The van der Waals surface area contributed by atoms with Crippen molar-refractivity contribution in [2.45, 2.75) is 6.10 Å². The summed E-state index contributed by atoms with van der Waals surface area (Å²) < 4.78 is 11.8. The zero-order valence-electron chi connectivity index (χ0n) is 20.9. The van der Waals surface area contributed by atoms with Crippen LogP contribution in [0, 0.1) is 0 Å². The molecule has 1 fully saturated rings. The summed E-state index contributed by atoms with van der Waals surface area (Å²) >= 11 is 0. The molecular formula is C27H25N5O6. The molecule has 0 radical (unpaired) electrons. The summed E-state index contributed by atoms with van der Waals surface area (Å²) in [6.07, 6.45) is 1.18. The monoisotopic (exact) mass is 515 g/mol. The van der Waals surface area contributed by atoms with Crippen molar-refractivity contribution < 1.29 is 23.9 Å². The number of fused-ring (bicyclic) bond motifs is 2. The second kappa shape index (κ2) is 9.60. The van der Waals surface area contributed by atoms with Crippen LogP contribution in [0.15, 0.2) is 66.4 Å². The van der Waals surface area contributed by atoms with Crippen LogP contribution in [0.3, 0.4) is 0 Å². The fourth-order valence-corrected chi connectivity index (χ4v) is 4.34. The molecule has 0 spiro atoms. The normalized spacial score (nSPS) is 14.9. The topological polar surface area (TPSA) is 123 Å². The van der Waals surface area contributed by atoms with Gasteiger partial charge in [-0.1, -0.05) is 31.4 Å². The van der Waals surface area contributed by atoms with E-state index in [1.807, 2.05) is 12.1 Å². The van der Waals surface area contributed by atoms with Crippen molar-refractivity contribution in [3.05, 3.63) is 71.9 Å². The number of rotatable bonds is 6. The highest BCUT2D eigenvalue weighted by atomic mass is 16.5. The third kappa shape index (κ3) is 4.22. The number of amides is 3. The fourth-order valence-electron chi connectivity index (χ4n) is 4.34. The van der Waals surface area contributed by atoms with Gasteiger partial charge >= 0.3 is 0 Å². The molecule has 3 heterocycles. The van der Waals surface area contributed by atoms with Gasteiger partial charge in [0.25, 0.3) is 23.3 Å². The van der Waals surface area contributed by atoms with E-state index in [1.165, 1.54) is 16.1 Å². The molecule has 0 atom stereocenters. The largest absolute Gasteiger partial charge is 0.482 e. The summed E-state index contributed by atoms with van der Waals surface area (Å²) in [7, 11) is 3.25. The van der Waals surface area contributed by atoms with Crippen LogP contribution in [-0.2, 0) is 19.1 Å². The lowest BCUT2D eigenvalue weighted by Gasteiger charge is -2.38. The third-order valence-corrected chi connectivity index (χ3v) is 6.69. The standard InChI is InChI=1S/C27H25N5O6/c1-15(26(35)31-11-18(12-31)37-4)29-25(34)16(2)32-14-28-24-19(6-5-7-20(24)27(32)36)17-8-9-21-22(10-17)38-13-23(33)30(21)3/h5-10,14,18H,1-2,11-13H2,3-4H3,(H,29,34). The minimum Gasteiger partial charge on any atom is -0.482 e. The van der Waals surface area contributed by atoms with Gasteiger partial charge in [0.1, 0.15) is 17.8 Å². The van der Waals surface area contributed by atoms with Crippen molar-refractivity contribution in [1.29, 1.82) is 0 Å². The summed E-state index contributed by atoms with van der Waals surface area (Å²) in [5.74, 6) is -0.782. The molecule has 0 saturated carbocycles. The number of likely N-dealkylation sites (N-methyl/N-ethyl adjacent to an activating group) is 1. The number of hydrogen-bond donors (Lipinski definition) is 1. The van der Waals surface area contributed by atoms with Crippen molar-refractivity contribution in [1.82, 2.24) is 19.8 Å². The maximum Gasteiger partial charge on any atom is 0.272 e. The van der Waals surface area contributed by atoms with Gasteiger partial charge in [0, 0.05) is 32.8 Å². The predicted molar refractivity (Wildman–Crippen MR) is 140 cm³/mol. The molecule has 38 heavy (non-hydrogen) atoms. The van der Waals surface area contributed by atoms with Crippen LogP contribution < -0.4 is 20.5 Å². The van der Waals surface area contributed by atoms with Gasteiger partial charge in [-0.2, -0.15) is 0 Å². The molecule has 2 aliphatic rings.